The predicted octanol–water partition coefficient (Wildman–Crippen LogP) is 5.21. The summed E-state index contributed by atoms with van der Waals surface area (Å²) >= 11 is 0. The van der Waals surface area contributed by atoms with Gasteiger partial charge in [0.2, 0.25) is 5.69 Å². The summed E-state index contributed by atoms with van der Waals surface area (Å²) in [7, 11) is 2.12. The zero-order chi connectivity index (χ0) is 16.4. The summed E-state index contributed by atoms with van der Waals surface area (Å²) < 4.78 is 8.55. The average Bonchev–Trinajstić information content (AvgIpc) is 2.59. The molecule has 0 saturated carbocycles. The van der Waals surface area contributed by atoms with E-state index in [1.807, 2.05) is 0 Å². The molecule has 0 aliphatic carbocycles. The quantitative estimate of drug-likeness (QED) is 0.358. The van der Waals surface area contributed by atoms with E-state index in [1.54, 1.807) is 0 Å². The minimum atomic E-state index is 0.948. The van der Waals surface area contributed by atoms with E-state index in [2.05, 4.69) is 80.2 Å². The fourth-order valence-electron chi connectivity index (χ4n) is 3.98. The molecule has 0 N–H and O–H groups in total. The van der Waals surface area contributed by atoms with Crippen molar-refractivity contribution < 1.29 is 9.30 Å². The first-order chi connectivity index (χ1) is 11.6. The lowest BCUT2D eigenvalue weighted by atomic mass is 9.91. The van der Waals surface area contributed by atoms with Gasteiger partial charge in [-0.25, -0.2) is 4.57 Å². The second kappa shape index (κ2) is 4.57. The van der Waals surface area contributed by atoms with E-state index in [0.29, 0.717) is 0 Å². The Hall–Kier alpha value is -2.87. The zero-order valence-electron chi connectivity index (χ0n) is 14.1. The van der Waals surface area contributed by atoms with Crippen LogP contribution in [0.15, 0.2) is 54.7 Å². The summed E-state index contributed by atoms with van der Waals surface area (Å²) in [5.41, 5.74) is 5.01. The lowest BCUT2D eigenvalue weighted by Crippen LogP contribution is -2.31. The van der Waals surface area contributed by atoms with Gasteiger partial charge in [-0.2, -0.15) is 0 Å². The summed E-state index contributed by atoms with van der Waals surface area (Å²) in [4.78, 5) is 0. The monoisotopic (exact) mass is 312 g/mol. The van der Waals surface area contributed by atoms with E-state index in [0.717, 1.165) is 11.5 Å². The van der Waals surface area contributed by atoms with Gasteiger partial charge in [0.1, 0.15) is 18.5 Å². The summed E-state index contributed by atoms with van der Waals surface area (Å²) in [6, 6.07) is 17.1. The minimum Gasteiger partial charge on any atom is -0.456 e. The second-order valence-electron chi connectivity index (χ2n) is 6.64. The number of hydrogen-bond acceptors (Lipinski definition) is 1. The Bertz CT molecular complexity index is 1160. The van der Waals surface area contributed by atoms with Gasteiger partial charge in [0.05, 0.1) is 10.9 Å². The molecule has 0 saturated heterocycles. The fraction of sp³-hybridized carbons (Fsp3) is 0.136. The molecule has 0 amide bonds. The fourth-order valence-corrected chi connectivity index (χ4v) is 3.98. The average molecular weight is 312 g/mol. The Labute approximate surface area is 140 Å². The number of nitrogens with zero attached hydrogens (tertiary/aromatic N) is 1. The first-order valence-corrected chi connectivity index (χ1v) is 8.27. The largest absolute Gasteiger partial charge is 0.456 e. The van der Waals surface area contributed by atoms with Crippen molar-refractivity contribution in [2.24, 2.45) is 7.05 Å². The van der Waals surface area contributed by atoms with Crippen molar-refractivity contribution in [1.82, 2.24) is 0 Å². The van der Waals surface area contributed by atoms with Gasteiger partial charge in [-0.05, 0) is 47.9 Å². The zero-order valence-corrected chi connectivity index (χ0v) is 14.1. The highest BCUT2D eigenvalue weighted by Crippen LogP contribution is 2.48. The van der Waals surface area contributed by atoms with Crippen LogP contribution in [-0.4, -0.2) is 0 Å². The van der Waals surface area contributed by atoms with E-state index in [1.165, 1.54) is 43.9 Å². The molecule has 24 heavy (non-hydrogen) atoms. The third-order valence-corrected chi connectivity index (χ3v) is 5.21. The van der Waals surface area contributed by atoms with Gasteiger partial charge in [0.15, 0.2) is 6.20 Å². The molecule has 0 bridgehead atoms. The molecule has 5 rings (SSSR count). The molecule has 1 aliphatic heterocycles. The van der Waals surface area contributed by atoms with Crippen LogP contribution in [0.5, 0.6) is 11.5 Å². The van der Waals surface area contributed by atoms with Gasteiger partial charge in [-0.15, -0.1) is 0 Å². The van der Waals surface area contributed by atoms with Gasteiger partial charge < -0.3 is 4.74 Å². The Balaban J connectivity index is 2.02. The first-order valence-electron chi connectivity index (χ1n) is 8.27. The molecule has 0 fully saturated rings. The predicted molar refractivity (Wildman–Crippen MR) is 97.6 cm³/mol. The molecular weight excluding hydrogens is 294 g/mol. The Morgan fingerprint density at radius 3 is 2.58 bits per heavy atom. The number of rotatable bonds is 0. The number of fused-ring (bicyclic) bond motifs is 3. The van der Waals surface area contributed by atoms with Crippen LogP contribution in [0.25, 0.3) is 32.8 Å². The van der Waals surface area contributed by atoms with Crippen LogP contribution in [0.1, 0.15) is 11.1 Å². The number of pyridine rings is 1. The molecular formula is C22H18NO+. The lowest BCUT2D eigenvalue weighted by Gasteiger charge is -2.22. The summed E-state index contributed by atoms with van der Waals surface area (Å²) in [6.07, 6.45) is 2.15. The molecule has 1 aromatic heterocycles. The molecule has 2 nitrogen and oxygen atoms in total. The molecule has 3 aromatic carbocycles. The second-order valence-corrected chi connectivity index (χ2v) is 6.64. The van der Waals surface area contributed by atoms with Crippen LogP contribution in [0.3, 0.4) is 0 Å². The number of benzene rings is 3. The highest BCUT2D eigenvalue weighted by atomic mass is 16.5. The van der Waals surface area contributed by atoms with Crippen LogP contribution in [-0.2, 0) is 7.05 Å². The molecule has 4 aromatic rings. The van der Waals surface area contributed by atoms with Crippen LogP contribution >= 0.6 is 0 Å². The molecule has 0 atom stereocenters. The van der Waals surface area contributed by atoms with Crippen molar-refractivity contribution in [1.29, 1.82) is 0 Å². The van der Waals surface area contributed by atoms with Gasteiger partial charge in [-0.3, -0.25) is 0 Å². The van der Waals surface area contributed by atoms with E-state index < -0.39 is 0 Å². The number of hydrogen-bond donors (Lipinski definition) is 0. The third kappa shape index (κ3) is 1.63. The van der Waals surface area contributed by atoms with E-state index in [4.69, 9.17) is 4.74 Å². The first kappa shape index (κ1) is 13.6. The summed E-state index contributed by atoms with van der Waals surface area (Å²) in [5.74, 6) is 1.90. The van der Waals surface area contributed by atoms with Gasteiger partial charge in [0, 0.05) is 11.5 Å². The molecule has 2 heterocycles. The smallest absolute Gasteiger partial charge is 0.228 e. The summed E-state index contributed by atoms with van der Waals surface area (Å²) in [6.45, 7) is 4.36. The highest BCUT2D eigenvalue weighted by Gasteiger charge is 2.30. The minimum absolute atomic E-state index is 0.948. The Morgan fingerprint density at radius 1 is 0.875 bits per heavy atom. The van der Waals surface area contributed by atoms with Crippen molar-refractivity contribution in [3.63, 3.8) is 0 Å². The highest BCUT2D eigenvalue weighted by molar-refractivity contribution is 6.06. The number of aromatic nitrogens is 1. The normalized spacial score (nSPS) is 12.3. The van der Waals surface area contributed by atoms with Crippen molar-refractivity contribution in [2.75, 3.05) is 0 Å². The summed E-state index contributed by atoms with van der Waals surface area (Å²) in [5, 5.41) is 4.98. The molecule has 2 heteroatoms. The molecule has 0 radical (unpaired) electrons. The van der Waals surface area contributed by atoms with E-state index in [-0.39, 0.29) is 0 Å². The lowest BCUT2D eigenvalue weighted by molar-refractivity contribution is -0.659. The van der Waals surface area contributed by atoms with Gasteiger partial charge in [-0.1, -0.05) is 30.3 Å². The van der Waals surface area contributed by atoms with Gasteiger partial charge >= 0.3 is 0 Å². The van der Waals surface area contributed by atoms with Crippen LogP contribution < -0.4 is 9.30 Å². The molecule has 0 unspecified atom stereocenters. The number of aryl methyl sites for hydroxylation is 3. The van der Waals surface area contributed by atoms with Crippen LogP contribution in [0.2, 0.25) is 0 Å². The third-order valence-electron chi connectivity index (χ3n) is 5.21. The van der Waals surface area contributed by atoms with E-state index in [9.17, 15) is 0 Å². The van der Waals surface area contributed by atoms with E-state index >= 15 is 0 Å². The van der Waals surface area contributed by atoms with Crippen LogP contribution in [0, 0.1) is 13.8 Å². The van der Waals surface area contributed by atoms with Gasteiger partial charge in [0.25, 0.3) is 0 Å². The van der Waals surface area contributed by atoms with Crippen molar-refractivity contribution in [2.45, 2.75) is 13.8 Å². The van der Waals surface area contributed by atoms with Crippen molar-refractivity contribution in [3.8, 4) is 22.8 Å². The number of ether oxygens (including phenoxy) is 1. The Morgan fingerprint density at radius 2 is 1.71 bits per heavy atom. The maximum atomic E-state index is 6.34. The van der Waals surface area contributed by atoms with Crippen molar-refractivity contribution in [3.05, 3.63) is 65.9 Å². The molecule has 116 valence electrons. The standard InChI is InChI=1S/C22H18NO/c1-13-8-9-18-21-16(13)10-11-23(3)22(21)20-14(2)17-7-5-4-6-15(17)12-19(20)24-18/h4-12H,1-3H3/q+1. The maximum absolute atomic E-state index is 6.34. The Kier molecular flexibility index (Phi) is 2.58. The van der Waals surface area contributed by atoms with Crippen molar-refractivity contribution >= 4 is 21.5 Å². The molecule has 1 aliphatic rings. The maximum Gasteiger partial charge on any atom is 0.228 e. The molecule has 0 spiro atoms. The topological polar surface area (TPSA) is 13.1 Å². The van der Waals surface area contributed by atoms with Crippen LogP contribution in [0.4, 0.5) is 0 Å². The SMILES string of the molecule is Cc1c2c(cc3ccccc13)Oc1ccc(C)c3cc[n+](C)c-2c13.